The van der Waals surface area contributed by atoms with Gasteiger partial charge in [0.25, 0.3) is 0 Å². The van der Waals surface area contributed by atoms with Crippen molar-refractivity contribution in [2.24, 2.45) is 10.9 Å². The topological polar surface area (TPSA) is 15.6 Å². The number of benzene rings is 1. The lowest BCUT2D eigenvalue weighted by Gasteiger charge is -2.58. The largest absolute Gasteiger partial charge is 0.303 e. The van der Waals surface area contributed by atoms with Crippen molar-refractivity contribution in [3.63, 3.8) is 0 Å². The average molecular weight is 298 g/mol. The monoisotopic (exact) mass is 298 g/mol. The van der Waals surface area contributed by atoms with Crippen LogP contribution in [0, 0.1) is 5.92 Å². The normalized spacial score (nSPS) is 34.5. The van der Waals surface area contributed by atoms with Crippen molar-refractivity contribution in [2.75, 3.05) is 13.6 Å². The fraction of sp³-hybridized carbons (Fsp3) is 0.611. The molecule has 0 aromatic heterocycles. The van der Waals surface area contributed by atoms with E-state index in [1.165, 1.54) is 45.1 Å². The molecule has 2 nitrogen and oxygen atoms in total. The van der Waals surface area contributed by atoms with E-state index in [0.29, 0.717) is 5.41 Å². The van der Waals surface area contributed by atoms with Crippen LogP contribution < -0.4 is 0 Å². The van der Waals surface area contributed by atoms with Crippen LogP contribution in [0.1, 0.15) is 43.2 Å². The number of hydrogen-bond donors (Lipinski definition) is 0. The molecule has 1 unspecified atom stereocenters. The van der Waals surface area contributed by atoms with Crippen LogP contribution in [0.4, 0.5) is 5.69 Å². The van der Waals surface area contributed by atoms with Gasteiger partial charge < -0.3 is 4.90 Å². The van der Waals surface area contributed by atoms with Crippen LogP contribution >= 0.6 is 12.2 Å². The first-order valence-corrected chi connectivity index (χ1v) is 8.57. The number of fused-ring (bicyclic) bond motifs is 1. The number of piperidine rings is 1. The van der Waals surface area contributed by atoms with Crippen molar-refractivity contribution in [2.45, 2.75) is 50.0 Å². The van der Waals surface area contributed by atoms with Crippen LogP contribution in [0.15, 0.2) is 23.2 Å². The molecule has 0 amide bonds. The second-order valence-corrected chi connectivity index (χ2v) is 7.24. The number of nitrogens with zero attached hydrogens (tertiary/aromatic N) is 2. The van der Waals surface area contributed by atoms with Gasteiger partial charge in [0.2, 0.25) is 0 Å². The van der Waals surface area contributed by atoms with Crippen LogP contribution in [0.25, 0.3) is 0 Å². The summed E-state index contributed by atoms with van der Waals surface area (Å²) in [5, 5.41) is 2.52. The summed E-state index contributed by atoms with van der Waals surface area (Å²) in [5.41, 5.74) is 4.53. The van der Waals surface area contributed by atoms with E-state index in [0.717, 1.165) is 17.6 Å². The van der Waals surface area contributed by atoms with Crippen molar-refractivity contribution < 1.29 is 0 Å². The summed E-state index contributed by atoms with van der Waals surface area (Å²) in [7, 11) is 2.32. The molecule has 1 aromatic rings. The van der Waals surface area contributed by atoms with Gasteiger partial charge in [0.15, 0.2) is 0 Å². The Bertz CT molecular complexity index is 620. The molecule has 1 aliphatic heterocycles. The standard InChI is InChI=1S/C18H22N2S/c1-20-9-8-18-7-3-2-4-15(18)17(20)10-13-5-6-14(19-12-21)11-16(13)18/h5-6,11,15,17H,2-4,7-10H2,1H3/t15?,17-,18-/m1/s1. The SMILES string of the molecule is CN1CC[C@]23CCCCC2[C@H]1Cc1ccc(N=C=S)cc13. The molecular weight excluding hydrogens is 276 g/mol. The summed E-state index contributed by atoms with van der Waals surface area (Å²) in [4.78, 5) is 6.84. The zero-order chi connectivity index (χ0) is 14.4. The molecule has 0 radical (unpaired) electrons. The Balaban J connectivity index is 1.89. The van der Waals surface area contributed by atoms with Gasteiger partial charge >= 0.3 is 0 Å². The van der Waals surface area contributed by atoms with E-state index < -0.39 is 0 Å². The molecule has 2 aliphatic carbocycles. The van der Waals surface area contributed by atoms with E-state index in [2.05, 4.69) is 40.3 Å². The zero-order valence-corrected chi connectivity index (χ0v) is 13.5. The number of aliphatic imine (C=N–C) groups is 1. The van der Waals surface area contributed by atoms with Gasteiger partial charge in [0, 0.05) is 11.5 Å². The average Bonchev–Trinajstić information content (AvgIpc) is 2.52. The highest BCUT2D eigenvalue weighted by Crippen LogP contribution is 2.55. The molecular formula is C18H22N2S. The third-order valence-corrected chi connectivity index (χ3v) is 6.36. The van der Waals surface area contributed by atoms with Gasteiger partial charge in [0.1, 0.15) is 0 Å². The number of likely N-dealkylation sites (N-methyl/N-ethyl adjacent to an activating group) is 1. The summed E-state index contributed by atoms with van der Waals surface area (Å²) >= 11 is 4.78. The van der Waals surface area contributed by atoms with E-state index in [1.54, 1.807) is 11.1 Å². The minimum absolute atomic E-state index is 0.413. The molecule has 1 saturated heterocycles. The first-order valence-electron chi connectivity index (χ1n) is 8.16. The molecule has 1 heterocycles. The van der Waals surface area contributed by atoms with Crippen molar-refractivity contribution in [1.82, 2.24) is 4.90 Å². The lowest BCUT2D eigenvalue weighted by atomic mass is 9.52. The van der Waals surface area contributed by atoms with E-state index in [-0.39, 0.29) is 0 Å². The number of thiocarbonyl (C=S) groups is 1. The first-order chi connectivity index (χ1) is 10.2. The quantitative estimate of drug-likeness (QED) is 0.573. The van der Waals surface area contributed by atoms with Gasteiger partial charge in [-0.25, -0.2) is 0 Å². The number of rotatable bonds is 1. The fourth-order valence-corrected chi connectivity index (χ4v) is 5.41. The molecule has 1 saturated carbocycles. The Labute approximate surface area is 132 Å². The third-order valence-electron chi connectivity index (χ3n) is 6.27. The van der Waals surface area contributed by atoms with Crippen LogP contribution in [0.2, 0.25) is 0 Å². The highest BCUT2D eigenvalue weighted by atomic mass is 32.1. The van der Waals surface area contributed by atoms with Gasteiger partial charge in [-0.2, -0.15) is 4.99 Å². The number of hydrogen-bond acceptors (Lipinski definition) is 3. The Morgan fingerprint density at radius 2 is 2.24 bits per heavy atom. The van der Waals surface area contributed by atoms with Gasteiger partial charge in [-0.1, -0.05) is 18.9 Å². The Kier molecular flexibility index (Phi) is 3.25. The fourth-order valence-electron chi connectivity index (χ4n) is 5.31. The maximum Gasteiger partial charge on any atom is 0.0742 e. The zero-order valence-electron chi connectivity index (χ0n) is 12.6. The molecule has 110 valence electrons. The van der Waals surface area contributed by atoms with Crippen LogP contribution in [-0.2, 0) is 11.8 Å². The molecule has 2 bridgehead atoms. The first kappa shape index (κ1) is 13.6. The van der Waals surface area contributed by atoms with Crippen LogP contribution in [-0.4, -0.2) is 29.7 Å². The van der Waals surface area contributed by atoms with Crippen molar-refractivity contribution in [3.05, 3.63) is 29.3 Å². The van der Waals surface area contributed by atoms with Gasteiger partial charge in [0.05, 0.1) is 10.8 Å². The summed E-state index contributed by atoms with van der Waals surface area (Å²) in [6, 6.07) is 7.45. The van der Waals surface area contributed by atoms with Gasteiger partial charge in [-0.3, -0.25) is 0 Å². The second-order valence-electron chi connectivity index (χ2n) is 7.06. The maximum absolute atomic E-state index is 4.78. The lowest BCUT2D eigenvalue weighted by molar-refractivity contribution is 0.00290. The molecule has 2 fully saturated rings. The van der Waals surface area contributed by atoms with Crippen molar-refractivity contribution >= 4 is 23.1 Å². The minimum atomic E-state index is 0.413. The van der Waals surface area contributed by atoms with E-state index >= 15 is 0 Å². The Morgan fingerprint density at radius 1 is 1.33 bits per heavy atom. The van der Waals surface area contributed by atoms with E-state index in [9.17, 15) is 0 Å². The summed E-state index contributed by atoms with van der Waals surface area (Å²) < 4.78 is 0. The van der Waals surface area contributed by atoms with Crippen LogP contribution in [0.3, 0.4) is 0 Å². The lowest BCUT2D eigenvalue weighted by Crippen LogP contribution is -2.59. The number of likely N-dealkylation sites (tertiary alicyclic amines) is 1. The Morgan fingerprint density at radius 3 is 3.10 bits per heavy atom. The minimum Gasteiger partial charge on any atom is -0.303 e. The maximum atomic E-state index is 4.78. The third kappa shape index (κ3) is 1.95. The molecule has 3 heteroatoms. The molecule has 3 atom stereocenters. The summed E-state index contributed by atoms with van der Waals surface area (Å²) in [6.07, 6.45) is 8.06. The molecule has 4 rings (SSSR count). The van der Waals surface area contributed by atoms with Gasteiger partial charge in [-0.05, 0) is 80.7 Å². The summed E-state index contributed by atoms with van der Waals surface area (Å²) in [5.74, 6) is 0.837. The molecule has 0 spiro atoms. The predicted octanol–water partition coefficient (Wildman–Crippen LogP) is 4.11. The number of isothiocyanates is 1. The highest BCUT2D eigenvalue weighted by molar-refractivity contribution is 7.78. The van der Waals surface area contributed by atoms with E-state index in [4.69, 9.17) is 12.2 Å². The predicted molar refractivity (Wildman–Crippen MR) is 89.5 cm³/mol. The smallest absolute Gasteiger partial charge is 0.0742 e. The van der Waals surface area contributed by atoms with Crippen molar-refractivity contribution in [1.29, 1.82) is 0 Å². The van der Waals surface area contributed by atoms with Crippen molar-refractivity contribution in [3.8, 4) is 0 Å². The molecule has 21 heavy (non-hydrogen) atoms. The molecule has 0 N–H and O–H groups in total. The molecule has 3 aliphatic rings. The summed E-state index contributed by atoms with van der Waals surface area (Å²) in [6.45, 7) is 1.24. The van der Waals surface area contributed by atoms with Crippen LogP contribution in [0.5, 0.6) is 0 Å². The molecule has 1 aromatic carbocycles. The van der Waals surface area contributed by atoms with E-state index in [1.807, 2.05) is 0 Å². The van der Waals surface area contributed by atoms with Gasteiger partial charge in [-0.15, -0.1) is 0 Å². The second kappa shape index (κ2) is 5.01. The highest BCUT2D eigenvalue weighted by Gasteiger charge is 2.52. The Hall–Kier alpha value is -1.02.